The Bertz CT molecular complexity index is 640. The van der Waals surface area contributed by atoms with Gasteiger partial charge in [0.15, 0.2) is 0 Å². The Labute approximate surface area is 116 Å². The molecule has 1 aromatic heterocycles. The second-order valence-corrected chi connectivity index (χ2v) is 4.48. The van der Waals surface area contributed by atoms with Crippen molar-refractivity contribution in [1.82, 2.24) is 4.98 Å². The van der Waals surface area contributed by atoms with E-state index in [9.17, 15) is 26.3 Å². The van der Waals surface area contributed by atoms with E-state index >= 15 is 0 Å². The number of alkyl halides is 6. The molecule has 2 rings (SSSR count). The second-order valence-electron chi connectivity index (χ2n) is 4.48. The standard InChI is InChI=1S/C14H9F6N/c1-8-2-5-12(21-7-8)10-4-3-9(13(15,16)17)6-11(10)14(18,19)20/h2-7H,1H3. The lowest BCUT2D eigenvalue weighted by atomic mass is 10.00. The van der Waals surface area contributed by atoms with E-state index in [0.717, 1.165) is 11.6 Å². The number of pyridine rings is 1. The molecule has 0 unspecified atom stereocenters. The molecule has 0 aliphatic rings. The molecule has 0 radical (unpaired) electrons. The number of nitrogens with zero attached hydrogens (tertiary/aromatic N) is 1. The second kappa shape index (κ2) is 5.05. The molecule has 0 aliphatic heterocycles. The lowest BCUT2D eigenvalue weighted by molar-refractivity contribution is -0.142. The summed E-state index contributed by atoms with van der Waals surface area (Å²) in [5.41, 5.74) is -2.37. The molecule has 0 bridgehead atoms. The van der Waals surface area contributed by atoms with E-state index in [2.05, 4.69) is 4.98 Å². The molecule has 0 aliphatic carbocycles. The van der Waals surface area contributed by atoms with Gasteiger partial charge in [0.05, 0.1) is 16.8 Å². The topological polar surface area (TPSA) is 12.9 Å². The van der Waals surface area contributed by atoms with Crippen LogP contribution in [0, 0.1) is 6.92 Å². The van der Waals surface area contributed by atoms with E-state index in [1.807, 2.05) is 0 Å². The Kier molecular flexibility index (Phi) is 3.69. The maximum absolute atomic E-state index is 13.0. The Balaban J connectivity index is 2.63. The normalized spacial score (nSPS) is 12.5. The lowest BCUT2D eigenvalue weighted by Crippen LogP contribution is -2.12. The minimum absolute atomic E-state index is 0.0263. The minimum atomic E-state index is -4.90. The van der Waals surface area contributed by atoms with Crippen LogP contribution in [0.1, 0.15) is 16.7 Å². The SMILES string of the molecule is Cc1ccc(-c2ccc(C(F)(F)F)cc2C(F)(F)F)nc1. The fraction of sp³-hybridized carbons (Fsp3) is 0.214. The molecule has 112 valence electrons. The predicted molar refractivity (Wildman–Crippen MR) is 64.4 cm³/mol. The molecule has 7 heteroatoms. The third-order valence-electron chi connectivity index (χ3n) is 2.84. The zero-order valence-corrected chi connectivity index (χ0v) is 10.7. The number of aromatic nitrogens is 1. The van der Waals surface area contributed by atoms with Crippen molar-refractivity contribution in [3.63, 3.8) is 0 Å². The van der Waals surface area contributed by atoms with Crippen molar-refractivity contribution < 1.29 is 26.3 Å². The smallest absolute Gasteiger partial charge is 0.256 e. The molecule has 0 saturated heterocycles. The summed E-state index contributed by atoms with van der Waals surface area (Å²) in [6, 6.07) is 4.40. The van der Waals surface area contributed by atoms with Gasteiger partial charge in [0.25, 0.3) is 0 Å². The van der Waals surface area contributed by atoms with Crippen molar-refractivity contribution in [3.05, 3.63) is 53.2 Å². The quantitative estimate of drug-likeness (QED) is 0.668. The summed E-state index contributed by atoms with van der Waals surface area (Å²) in [5.74, 6) is 0. The summed E-state index contributed by atoms with van der Waals surface area (Å²) in [5, 5.41) is 0. The van der Waals surface area contributed by atoms with Gasteiger partial charge in [-0.05, 0) is 30.7 Å². The van der Waals surface area contributed by atoms with Crippen LogP contribution in [0.4, 0.5) is 26.3 Å². The number of rotatable bonds is 1. The monoisotopic (exact) mass is 305 g/mol. The average Bonchev–Trinajstić information content (AvgIpc) is 2.37. The molecule has 0 N–H and O–H groups in total. The van der Waals surface area contributed by atoms with Gasteiger partial charge in [-0.3, -0.25) is 4.98 Å². The summed E-state index contributed by atoms with van der Waals surface area (Å²) in [7, 11) is 0. The van der Waals surface area contributed by atoms with Crippen LogP contribution >= 0.6 is 0 Å². The van der Waals surface area contributed by atoms with Crippen LogP contribution in [0.25, 0.3) is 11.3 Å². The summed E-state index contributed by atoms with van der Waals surface area (Å²) < 4.78 is 76.6. The maximum atomic E-state index is 13.0. The number of hydrogen-bond donors (Lipinski definition) is 0. The first-order valence-corrected chi connectivity index (χ1v) is 5.80. The van der Waals surface area contributed by atoms with Gasteiger partial charge in [-0.1, -0.05) is 12.1 Å². The molecule has 0 atom stereocenters. The third-order valence-corrected chi connectivity index (χ3v) is 2.84. The van der Waals surface area contributed by atoms with Crippen molar-refractivity contribution in [2.24, 2.45) is 0 Å². The van der Waals surface area contributed by atoms with Crippen LogP contribution in [0.15, 0.2) is 36.5 Å². The zero-order chi connectivity index (χ0) is 15.8. The average molecular weight is 305 g/mol. The molecular weight excluding hydrogens is 296 g/mol. The molecule has 0 saturated carbocycles. The Morgan fingerprint density at radius 3 is 2.00 bits per heavy atom. The van der Waals surface area contributed by atoms with E-state index in [0.29, 0.717) is 6.07 Å². The van der Waals surface area contributed by atoms with Crippen LogP contribution in [-0.2, 0) is 12.4 Å². The summed E-state index contributed by atoms with van der Waals surface area (Å²) >= 11 is 0. The predicted octanol–water partition coefficient (Wildman–Crippen LogP) is 5.09. The van der Waals surface area contributed by atoms with E-state index in [4.69, 9.17) is 0 Å². The van der Waals surface area contributed by atoms with Crippen LogP contribution in [0.5, 0.6) is 0 Å². The van der Waals surface area contributed by atoms with Gasteiger partial charge < -0.3 is 0 Å². The van der Waals surface area contributed by atoms with Crippen molar-refractivity contribution in [2.75, 3.05) is 0 Å². The van der Waals surface area contributed by atoms with E-state index in [1.165, 1.54) is 12.3 Å². The highest BCUT2D eigenvalue weighted by Crippen LogP contribution is 2.40. The zero-order valence-electron chi connectivity index (χ0n) is 10.7. The van der Waals surface area contributed by atoms with Gasteiger partial charge >= 0.3 is 12.4 Å². The van der Waals surface area contributed by atoms with Crippen LogP contribution < -0.4 is 0 Å². The molecule has 1 aromatic carbocycles. The molecule has 1 heterocycles. The van der Waals surface area contributed by atoms with Crippen molar-refractivity contribution in [1.29, 1.82) is 0 Å². The summed E-state index contributed by atoms with van der Waals surface area (Å²) in [6.45, 7) is 1.70. The highest BCUT2D eigenvalue weighted by atomic mass is 19.4. The van der Waals surface area contributed by atoms with Gasteiger partial charge in [-0.25, -0.2) is 0 Å². The number of benzene rings is 1. The lowest BCUT2D eigenvalue weighted by Gasteiger charge is -2.15. The molecule has 0 spiro atoms. The minimum Gasteiger partial charge on any atom is -0.256 e. The van der Waals surface area contributed by atoms with E-state index in [1.54, 1.807) is 13.0 Å². The number of halogens is 6. The van der Waals surface area contributed by atoms with Crippen molar-refractivity contribution in [2.45, 2.75) is 19.3 Å². The molecular formula is C14H9F6N. The van der Waals surface area contributed by atoms with Gasteiger partial charge in [0, 0.05) is 11.8 Å². The van der Waals surface area contributed by atoms with Gasteiger partial charge in [0.2, 0.25) is 0 Å². The van der Waals surface area contributed by atoms with Crippen LogP contribution in [0.2, 0.25) is 0 Å². The molecule has 2 aromatic rings. The Hall–Kier alpha value is -2.05. The Morgan fingerprint density at radius 1 is 0.857 bits per heavy atom. The highest BCUT2D eigenvalue weighted by Gasteiger charge is 2.38. The van der Waals surface area contributed by atoms with Crippen molar-refractivity contribution in [3.8, 4) is 11.3 Å². The highest BCUT2D eigenvalue weighted by molar-refractivity contribution is 5.65. The molecule has 0 amide bonds. The molecule has 0 fully saturated rings. The fourth-order valence-corrected chi connectivity index (χ4v) is 1.81. The van der Waals surface area contributed by atoms with Crippen LogP contribution in [0.3, 0.4) is 0 Å². The van der Waals surface area contributed by atoms with E-state index in [-0.39, 0.29) is 17.3 Å². The summed E-state index contributed by atoms with van der Waals surface area (Å²) in [4.78, 5) is 3.83. The summed E-state index contributed by atoms with van der Waals surface area (Å²) in [6.07, 6.45) is -8.38. The van der Waals surface area contributed by atoms with Crippen molar-refractivity contribution >= 4 is 0 Å². The molecule has 1 nitrogen and oxygen atoms in total. The van der Waals surface area contributed by atoms with Gasteiger partial charge in [-0.2, -0.15) is 26.3 Å². The third kappa shape index (κ3) is 3.34. The number of aryl methyl sites for hydroxylation is 1. The van der Waals surface area contributed by atoms with Gasteiger partial charge in [0.1, 0.15) is 0 Å². The largest absolute Gasteiger partial charge is 0.417 e. The molecule has 21 heavy (non-hydrogen) atoms. The maximum Gasteiger partial charge on any atom is 0.417 e. The van der Waals surface area contributed by atoms with Crippen LogP contribution in [-0.4, -0.2) is 4.98 Å². The van der Waals surface area contributed by atoms with Gasteiger partial charge in [-0.15, -0.1) is 0 Å². The van der Waals surface area contributed by atoms with E-state index < -0.39 is 23.5 Å². The number of hydrogen-bond acceptors (Lipinski definition) is 1. The Morgan fingerprint density at radius 2 is 1.52 bits per heavy atom. The first-order chi connectivity index (χ1) is 9.59. The first kappa shape index (κ1) is 15.3. The fourth-order valence-electron chi connectivity index (χ4n) is 1.81. The first-order valence-electron chi connectivity index (χ1n) is 5.80.